The molecule has 2 heterocycles. The van der Waals surface area contributed by atoms with Crippen LogP contribution in [0.4, 0.5) is 5.69 Å². The summed E-state index contributed by atoms with van der Waals surface area (Å²) in [7, 11) is 0. The maximum atomic E-state index is 12.4. The monoisotopic (exact) mass is 438 g/mol. The van der Waals surface area contributed by atoms with Crippen molar-refractivity contribution in [2.45, 2.75) is 6.42 Å². The number of nitrogens with zero attached hydrogens (tertiary/aromatic N) is 2. The quantitative estimate of drug-likeness (QED) is 0.309. The Morgan fingerprint density at radius 3 is 2.79 bits per heavy atom. The van der Waals surface area contributed by atoms with Crippen LogP contribution in [0.1, 0.15) is 12.2 Å². The zero-order valence-corrected chi connectivity index (χ0v) is 16.3. The lowest BCUT2D eigenvalue weighted by molar-refractivity contribution is -0.384. The predicted molar refractivity (Wildman–Crippen MR) is 108 cm³/mol. The van der Waals surface area contributed by atoms with E-state index in [2.05, 4.69) is 0 Å². The number of thioether (sulfide) groups is 1. The number of amides is 1. The van der Waals surface area contributed by atoms with Gasteiger partial charge in [0.25, 0.3) is 11.6 Å². The normalized spacial score (nSPS) is 15.5. The molecule has 0 aliphatic carbocycles. The first-order valence-electron chi connectivity index (χ1n) is 7.77. The molecule has 0 spiro atoms. The molecule has 0 atom stereocenters. The minimum absolute atomic E-state index is 0.000846. The molecule has 0 bridgehead atoms. The highest BCUT2D eigenvalue weighted by Gasteiger charge is 2.32. The van der Waals surface area contributed by atoms with Crippen LogP contribution >= 0.6 is 35.6 Å². The molecule has 28 heavy (non-hydrogen) atoms. The SMILES string of the molecule is O=C(O)CCN1C(=O)/C(=C\c2ccc(-c3ccc([N+](=O)[O-])cc3Cl)o2)SC1=S. The van der Waals surface area contributed by atoms with Gasteiger partial charge in [0.05, 0.1) is 21.3 Å². The lowest BCUT2D eigenvalue weighted by Gasteiger charge is -2.12. The molecule has 1 aliphatic rings. The molecule has 0 radical (unpaired) electrons. The maximum Gasteiger partial charge on any atom is 0.305 e. The summed E-state index contributed by atoms with van der Waals surface area (Å²) in [5, 5.41) is 19.7. The van der Waals surface area contributed by atoms with Crippen molar-refractivity contribution in [1.29, 1.82) is 0 Å². The molecule has 1 fully saturated rings. The number of hydrogen-bond acceptors (Lipinski definition) is 7. The second kappa shape index (κ2) is 8.13. The first-order chi connectivity index (χ1) is 13.3. The van der Waals surface area contributed by atoms with Crippen molar-refractivity contribution in [3.8, 4) is 11.3 Å². The van der Waals surface area contributed by atoms with Gasteiger partial charge in [0, 0.05) is 30.3 Å². The number of nitro groups is 1. The summed E-state index contributed by atoms with van der Waals surface area (Å²) >= 11 is 12.3. The molecular weight excluding hydrogens is 428 g/mol. The van der Waals surface area contributed by atoms with Gasteiger partial charge in [-0.2, -0.15) is 0 Å². The zero-order chi connectivity index (χ0) is 20.4. The molecule has 144 valence electrons. The van der Waals surface area contributed by atoms with Crippen LogP contribution < -0.4 is 0 Å². The van der Waals surface area contributed by atoms with Gasteiger partial charge in [-0.1, -0.05) is 35.6 Å². The van der Waals surface area contributed by atoms with E-state index in [4.69, 9.17) is 33.3 Å². The maximum absolute atomic E-state index is 12.4. The van der Waals surface area contributed by atoms with Crippen LogP contribution in [-0.4, -0.2) is 37.7 Å². The van der Waals surface area contributed by atoms with Gasteiger partial charge in [-0.15, -0.1) is 0 Å². The number of thiocarbonyl (C=S) groups is 1. The third-order valence-electron chi connectivity index (χ3n) is 3.75. The van der Waals surface area contributed by atoms with Gasteiger partial charge in [0.15, 0.2) is 0 Å². The van der Waals surface area contributed by atoms with Crippen LogP contribution in [0.2, 0.25) is 5.02 Å². The number of carboxylic acids is 1. The number of aliphatic carboxylic acids is 1. The highest BCUT2D eigenvalue weighted by Crippen LogP contribution is 2.35. The number of hydrogen-bond donors (Lipinski definition) is 1. The minimum Gasteiger partial charge on any atom is -0.481 e. The molecule has 1 aromatic heterocycles. The van der Waals surface area contributed by atoms with Gasteiger partial charge in [0.2, 0.25) is 0 Å². The predicted octanol–water partition coefficient (Wildman–Crippen LogP) is 4.18. The van der Waals surface area contributed by atoms with E-state index in [0.717, 1.165) is 11.8 Å². The lowest BCUT2D eigenvalue weighted by atomic mass is 10.1. The van der Waals surface area contributed by atoms with E-state index in [1.807, 2.05) is 0 Å². The first kappa shape index (κ1) is 20.1. The minimum atomic E-state index is -1.02. The summed E-state index contributed by atoms with van der Waals surface area (Å²) in [4.78, 5) is 34.9. The summed E-state index contributed by atoms with van der Waals surface area (Å²) < 4.78 is 5.96. The number of halogens is 1. The number of carbonyl (C=O) groups excluding carboxylic acids is 1. The fourth-order valence-corrected chi connectivity index (χ4v) is 3.98. The van der Waals surface area contributed by atoms with Gasteiger partial charge in [-0.05, 0) is 18.2 Å². The first-order valence-corrected chi connectivity index (χ1v) is 9.38. The molecule has 0 unspecified atom stereocenters. The van der Waals surface area contributed by atoms with Crippen molar-refractivity contribution in [1.82, 2.24) is 4.90 Å². The molecule has 1 N–H and O–H groups in total. The average Bonchev–Trinajstić information content (AvgIpc) is 3.18. The van der Waals surface area contributed by atoms with E-state index in [1.54, 1.807) is 12.1 Å². The summed E-state index contributed by atoms with van der Waals surface area (Å²) in [6.45, 7) is -0.000846. The lowest BCUT2D eigenvalue weighted by Crippen LogP contribution is -2.30. The molecule has 0 saturated carbocycles. The van der Waals surface area contributed by atoms with Crippen LogP contribution in [0.25, 0.3) is 17.4 Å². The Morgan fingerprint density at radius 2 is 2.14 bits per heavy atom. The Kier molecular flexibility index (Phi) is 5.82. The highest BCUT2D eigenvalue weighted by atomic mass is 35.5. The van der Waals surface area contributed by atoms with Crippen molar-refractivity contribution in [2.75, 3.05) is 6.54 Å². The highest BCUT2D eigenvalue weighted by molar-refractivity contribution is 8.26. The molecule has 2 aromatic rings. The Bertz CT molecular complexity index is 1030. The van der Waals surface area contributed by atoms with Gasteiger partial charge in [0.1, 0.15) is 15.8 Å². The Morgan fingerprint density at radius 1 is 1.39 bits per heavy atom. The summed E-state index contributed by atoms with van der Waals surface area (Å²) in [6.07, 6.45) is 1.30. The summed E-state index contributed by atoms with van der Waals surface area (Å²) in [5.41, 5.74) is 0.339. The number of non-ortho nitro benzene ring substituents is 1. The largest absolute Gasteiger partial charge is 0.481 e. The topological polar surface area (TPSA) is 114 Å². The van der Waals surface area contributed by atoms with Crippen molar-refractivity contribution >= 4 is 63.5 Å². The number of carbonyl (C=O) groups is 2. The van der Waals surface area contributed by atoms with Crippen LogP contribution in [0.15, 0.2) is 39.7 Å². The van der Waals surface area contributed by atoms with Crippen molar-refractivity contribution in [2.24, 2.45) is 0 Å². The third kappa shape index (κ3) is 4.24. The molecule has 1 saturated heterocycles. The van der Waals surface area contributed by atoms with E-state index in [-0.39, 0.29) is 33.9 Å². The van der Waals surface area contributed by atoms with E-state index >= 15 is 0 Å². The van der Waals surface area contributed by atoms with Gasteiger partial charge in [-0.3, -0.25) is 24.6 Å². The third-order valence-corrected chi connectivity index (χ3v) is 5.44. The number of carboxylic acid groups (broad SMARTS) is 1. The van der Waals surface area contributed by atoms with Crippen LogP contribution in [0, 0.1) is 10.1 Å². The van der Waals surface area contributed by atoms with E-state index in [9.17, 15) is 19.7 Å². The Hall–Kier alpha value is -2.69. The van der Waals surface area contributed by atoms with Crippen LogP contribution in [0.5, 0.6) is 0 Å². The molecule has 8 nitrogen and oxygen atoms in total. The van der Waals surface area contributed by atoms with Crippen molar-refractivity contribution in [3.63, 3.8) is 0 Å². The van der Waals surface area contributed by atoms with E-state index in [0.29, 0.717) is 22.0 Å². The smallest absolute Gasteiger partial charge is 0.305 e. The molecule has 11 heteroatoms. The fraction of sp³-hybridized carbons (Fsp3) is 0.118. The van der Waals surface area contributed by atoms with Gasteiger partial charge >= 0.3 is 5.97 Å². The molecule has 1 aliphatic heterocycles. The summed E-state index contributed by atoms with van der Waals surface area (Å²) in [5.74, 6) is -0.660. The van der Waals surface area contributed by atoms with Crippen molar-refractivity contribution in [3.05, 3.63) is 56.1 Å². The molecule has 1 amide bonds. The average molecular weight is 439 g/mol. The number of nitro benzene ring substituents is 1. The molecular formula is C17H11ClN2O6S2. The number of furan rings is 1. The summed E-state index contributed by atoms with van der Waals surface area (Å²) in [6, 6.07) is 7.28. The van der Waals surface area contributed by atoms with Gasteiger partial charge in [-0.25, -0.2) is 0 Å². The Labute approximate surface area is 172 Å². The zero-order valence-electron chi connectivity index (χ0n) is 14.0. The van der Waals surface area contributed by atoms with E-state index < -0.39 is 10.9 Å². The van der Waals surface area contributed by atoms with Crippen LogP contribution in [-0.2, 0) is 9.59 Å². The standard InChI is InChI=1S/C17H11ClN2O6S2/c18-12-7-9(20(24)25)1-3-11(12)13-4-2-10(26-13)8-14-16(23)19(17(27)28-14)6-5-15(21)22/h1-4,7-8H,5-6H2,(H,21,22)/b14-8+. The Balaban J connectivity index is 1.81. The molecule has 1 aromatic carbocycles. The van der Waals surface area contributed by atoms with Gasteiger partial charge < -0.3 is 9.52 Å². The van der Waals surface area contributed by atoms with Crippen LogP contribution in [0.3, 0.4) is 0 Å². The second-order valence-electron chi connectivity index (χ2n) is 5.60. The molecule has 3 rings (SSSR count). The number of rotatable bonds is 6. The van der Waals surface area contributed by atoms with E-state index in [1.165, 1.54) is 29.2 Å². The van der Waals surface area contributed by atoms with Crippen molar-refractivity contribution < 1.29 is 24.0 Å². The second-order valence-corrected chi connectivity index (χ2v) is 7.68. The number of benzene rings is 1. The fourth-order valence-electron chi connectivity index (χ4n) is 2.42.